The number of pyridine rings is 1. The van der Waals surface area contributed by atoms with E-state index >= 15 is 0 Å². The topological polar surface area (TPSA) is 106 Å². The van der Waals surface area contributed by atoms with Crippen LogP contribution in [-0.2, 0) is 18.9 Å². The molecule has 0 saturated heterocycles. The van der Waals surface area contributed by atoms with Gasteiger partial charge in [-0.25, -0.2) is 28.2 Å². The van der Waals surface area contributed by atoms with Crippen LogP contribution in [0.5, 0.6) is 0 Å². The van der Waals surface area contributed by atoms with Gasteiger partial charge >= 0.3 is 12.4 Å². The van der Waals surface area contributed by atoms with E-state index in [0.29, 0.717) is 18.6 Å². The highest BCUT2D eigenvalue weighted by atomic mass is 19.4. The van der Waals surface area contributed by atoms with Gasteiger partial charge in [0.2, 0.25) is 0 Å². The lowest BCUT2D eigenvalue weighted by molar-refractivity contribution is -0.139. The van der Waals surface area contributed by atoms with Crippen LogP contribution in [0.15, 0.2) is 58.4 Å². The minimum absolute atomic E-state index is 0.162. The number of halogens is 9. The predicted octanol–water partition coefficient (Wildman–Crippen LogP) is 5.21. The number of anilines is 1. The van der Waals surface area contributed by atoms with Crippen molar-refractivity contribution in [3.8, 4) is 11.4 Å². The minimum atomic E-state index is -5.07. The van der Waals surface area contributed by atoms with Crippen LogP contribution >= 0.6 is 0 Å². The van der Waals surface area contributed by atoms with E-state index in [4.69, 9.17) is 0 Å². The molecule has 216 valence electrons. The van der Waals surface area contributed by atoms with Gasteiger partial charge in [-0.2, -0.15) is 31.4 Å². The molecule has 2 N–H and O–H groups in total. The molecule has 17 heteroatoms. The molecule has 4 aromatic rings. The van der Waals surface area contributed by atoms with Gasteiger partial charge in [-0.05, 0) is 30.5 Å². The highest BCUT2D eigenvalue weighted by Gasteiger charge is 2.38. The van der Waals surface area contributed by atoms with Crippen LogP contribution in [0.25, 0.3) is 22.2 Å². The molecular weight excluding hydrogens is 575 g/mol. The molecule has 0 spiro atoms. The highest BCUT2D eigenvalue weighted by Crippen LogP contribution is 2.33. The second-order valence-electron chi connectivity index (χ2n) is 8.52. The molecule has 0 aliphatic carbocycles. The molecule has 0 bridgehead atoms. The molecule has 0 fully saturated rings. The van der Waals surface area contributed by atoms with Gasteiger partial charge in [-0.1, -0.05) is 0 Å². The van der Waals surface area contributed by atoms with Gasteiger partial charge in [0, 0.05) is 25.1 Å². The molecule has 0 aliphatic rings. The fourth-order valence-electron chi connectivity index (χ4n) is 3.75. The molecule has 4 rings (SSSR count). The van der Waals surface area contributed by atoms with Gasteiger partial charge in [-0.15, -0.1) is 0 Å². The maximum Gasteiger partial charge on any atom is 0.423 e. The van der Waals surface area contributed by atoms with Crippen molar-refractivity contribution < 1.29 is 39.5 Å². The van der Waals surface area contributed by atoms with Gasteiger partial charge in [0.05, 0.1) is 34.4 Å². The number of nitrogens with zero attached hydrogens (tertiary/aromatic N) is 4. The van der Waals surface area contributed by atoms with E-state index in [1.807, 2.05) is 0 Å². The number of hydrogen-bond acceptors (Lipinski definition) is 6. The molecule has 3 heterocycles. The van der Waals surface area contributed by atoms with Gasteiger partial charge in [-0.3, -0.25) is 9.59 Å². The van der Waals surface area contributed by atoms with E-state index in [-0.39, 0.29) is 5.39 Å². The summed E-state index contributed by atoms with van der Waals surface area (Å²) >= 11 is 0. The summed E-state index contributed by atoms with van der Waals surface area (Å²) in [7, 11) is 0. The minimum Gasteiger partial charge on any atom is -0.374 e. The fourth-order valence-corrected chi connectivity index (χ4v) is 3.75. The number of fused-ring (bicyclic) bond motifs is 1. The molecule has 41 heavy (non-hydrogen) atoms. The maximum absolute atomic E-state index is 14.9. The highest BCUT2D eigenvalue weighted by molar-refractivity contribution is 5.86. The van der Waals surface area contributed by atoms with Crippen molar-refractivity contribution in [1.29, 1.82) is 0 Å². The number of aromatic nitrogens is 5. The molecule has 3 aromatic heterocycles. The van der Waals surface area contributed by atoms with E-state index in [0.717, 1.165) is 35.9 Å². The van der Waals surface area contributed by atoms with Crippen LogP contribution in [0, 0.1) is 11.6 Å². The van der Waals surface area contributed by atoms with Crippen LogP contribution in [0.3, 0.4) is 0 Å². The summed E-state index contributed by atoms with van der Waals surface area (Å²) in [4.78, 5) is 31.2. The first-order valence-corrected chi connectivity index (χ1v) is 11.3. The zero-order valence-corrected chi connectivity index (χ0v) is 20.3. The van der Waals surface area contributed by atoms with Crippen molar-refractivity contribution in [2.24, 2.45) is 0 Å². The van der Waals surface area contributed by atoms with Gasteiger partial charge in [0.15, 0.2) is 17.5 Å². The number of nitrogens with one attached hydrogen (secondary N) is 2. The van der Waals surface area contributed by atoms with Crippen molar-refractivity contribution >= 4 is 16.5 Å². The van der Waals surface area contributed by atoms with Crippen LogP contribution in [-0.4, -0.2) is 30.8 Å². The quantitative estimate of drug-likeness (QED) is 0.299. The third-order valence-electron chi connectivity index (χ3n) is 5.77. The third kappa shape index (κ3) is 5.92. The number of hydrogen-bond donors (Lipinski definition) is 2. The van der Waals surface area contributed by atoms with Crippen molar-refractivity contribution in [2.75, 3.05) is 5.32 Å². The molecular formula is C24H15F9N6O2. The molecule has 0 aliphatic heterocycles. The van der Waals surface area contributed by atoms with Gasteiger partial charge in [0.1, 0.15) is 11.4 Å². The molecule has 0 amide bonds. The standard InChI is InChI=1S/C24H15F9N6O2/c1-10(37-15-9-36-38-21(40)17(15)24(31,32)33)14(25)3-5-39-4-2-11-6-13(18(26)19(27)16(11)22(39)41)20-34-7-12(8-35-20)23(28,29)30/h2-4,6-10H,5H2,1H3,(H2,37,38,40)/b14-3-. The Hall–Kier alpha value is -4.70. The Morgan fingerprint density at radius 1 is 1.05 bits per heavy atom. The lowest BCUT2D eigenvalue weighted by Crippen LogP contribution is -2.27. The van der Waals surface area contributed by atoms with Crippen molar-refractivity contribution in [3.05, 3.63) is 92.3 Å². The summed E-state index contributed by atoms with van der Waals surface area (Å²) in [6.07, 6.45) is -6.55. The zero-order chi connectivity index (χ0) is 30.3. The second kappa shape index (κ2) is 10.7. The monoisotopic (exact) mass is 590 g/mol. The first-order valence-electron chi connectivity index (χ1n) is 11.3. The van der Waals surface area contributed by atoms with Crippen LogP contribution in [0.1, 0.15) is 18.1 Å². The van der Waals surface area contributed by atoms with Crippen LogP contribution < -0.4 is 16.4 Å². The van der Waals surface area contributed by atoms with Gasteiger partial charge < -0.3 is 9.88 Å². The first-order chi connectivity index (χ1) is 19.1. The Labute approximate surface area is 222 Å². The number of allylic oxidation sites excluding steroid dienone is 1. The average molecular weight is 590 g/mol. The number of aromatic amines is 1. The molecule has 1 unspecified atom stereocenters. The number of rotatable bonds is 6. The van der Waals surface area contributed by atoms with E-state index in [1.165, 1.54) is 0 Å². The summed E-state index contributed by atoms with van der Waals surface area (Å²) < 4.78 is 123. The molecule has 0 saturated carbocycles. The maximum atomic E-state index is 14.9. The summed E-state index contributed by atoms with van der Waals surface area (Å²) in [6, 6.07) is 0.673. The zero-order valence-electron chi connectivity index (χ0n) is 20.3. The van der Waals surface area contributed by atoms with E-state index in [1.54, 1.807) is 5.10 Å². The van der Waals surface area contributed by atoms with Crippen molar-refractivity contribution in [3.63, 3.8) is 0 Å². The van der Waals surface area contributed by atoms with Crippen LogP contribution in [0.4, 0.5) is 45.2 Å². The second-order valence-corrected chi connectivity index (χ2v) is 8.52. The van der Waals surface area contributed by atoms with Crippen molar-refractivity contribution in [2.45, 2.75) is 31.9 Å². The normalized spacial score (nSPS) is 13.5. The van der Waals surface area contributed by atoms with Crippen molar-refractivity contribution in [1.82, 2.24) is 24.7 Å². The predicted molar refractivity (Wildman–Crippen MR) is 126 cm³/mol. The first kappa shape index (κ1) is 29.3. The lowest BCUT2D eigenvalue weighted by Gasteiger charge is -2.17. The molecule has 0 radical (unpaired) electrons. The average Bonchev–Trinajstić information content (AvgIpc) is 2.88. The third-order valence-corrected chi connectivity index (χ3v) is 5.77. The Kier molecular flexibility index (Phi) is 7.64. The smallest absolute Gasteiger partial charge is 0.374 e. The molecule has 1 aromatic carbocycles. The number of benzene rings is 1. The SMILES string of the molecule is CC(Nc1cn[nH]c(=O)c1C(F)(F)F)/C(F)=C/Cn1ccc2cc(-c3ncc(C(F)(F)F)cn3)c(F)c(F)c2c1=O. The number of alkyl halides is 6. The summed E-state index contributed by atoms with van der Waals surface area (Å²) in [5, 5.41) is 6.13. The summed E-state index contributed by atoms with van der Waals surface area (Å²) in [5.41, 5.74) is -6.92. The van der Waals surface area contributed by atoms with E-state index < -0.39 is 87.1 Å². The largest absolute Gasteiger partial charge is 0.423 e. The van der Waals surface area contributed by atoms with E-state index in [9.17, 15) is 49.1 Å². The Morgan fingerprint density at radius 3 is 2.32 bits per heavy atom. The molecule has 8 nitrogen and oxygen atoms in total. The molecule has 1 atom stereocenters. The Balaban J connectivity index is 1.62. The summed E-state index contributed by atoms with van der Waals surface area (Å²) in [6.45, 7) is 0.563. The number of H-pyrrole nitrogens is 1. The Bertz CT molecular complexity index is 1760. The van der Waals surface area contributed by atoms with Gasteiger partial charge in [0.25, 0.3) is 11.1 Å². The van der Waals surface area contributed by atoms with Crippen LogP contribution in [0.2, 0.25) is 0 Å². The summed E-state index contributed by atoms with van der Waals surface area (Å²) in [5.74, 6) is -4.90. The fraction of sp³-hybridized carbons (Fsp3) is 0.208. The lowest BCUT2D eigenvalue weighted by atomic mass is 10.1. The Morgan fingerprint density at radius 2 is 1.71 bits per heavy atom. The van der Waals surface area contributed by atoms with E-state index in [2.05, 4.69) is 20.4 Å².